The number of hydrogen-bond donors (Lipinski definition) is 4. The monoisotopic (exact) mass is 269 g/mol. The smallest absolute Gasteiger partial charge is 0.317 e. The molecule has 1 aromatic rings. The quantitative estimate of drug-likeness (QED) is 0.598. The Kier molecular flexibility index (Phi) is 4.71. The van der Waals surface area contributed by atoms with Gasteiger partial charge in [-0.15, -0.1) is 0 Å². The minimum absolute atomic E-state index is 0.128. The van der Waals surface area contributed by atoms with E-state index in [4.69, 9.17) is 10.2 Å². The summed E-state index contributed by atoms with van der Waals surface area (Å²) in [7, 11) is 0. The molecule has 0 saturated heterocycles. The molecule has 7 heteroatoms. The second-order valence-corrected chi connectivity index (χ2v) is 4.11. The van der Waals surface area contributed by atoms with Crippen LogP contribution in [0.2, 0.25) is 0 Å². The van der Waals surface area contributed by atoms with Crippen LogP contribution in [0.15, 0.2) is 18.2 Å². The van der Waals surface area contributed by atoms with Gasteiger partial charge in [0.15, 0.2) is 0 Å². The van der Waals surface area contributed by atoms with Gasteiger partial charge >= 0.3 is 11.9 Å². The van der Waals surface area contributed by atoms with E-state index in [1.807, 2.05) is 0 Å². The lowest BCUT2D eigenvalue weighted by atomic mass is 10.1. The van der Waals surface area contributed by atoms with Crippen molar-refractivity contribution < 1.29 is 30.0 Å². The van der Waals surface area contributed by atoms with Crippen LogP contribution in [0, 0.1) is 0 Å². The molecule has 0 aliphatic heterocycles. The maximum Gasteiger partial charge on any atom is 0.317 e. The maximum absolute atomic E-state index is 10.7. The number of phenols is 2. The third-order valence-electron chi connectivity index (χ3n) is 2.69. The van der Waals surface area contributed by atoms with Crippen molar-refractivity contribution in [3.8, 4) is 11.5 Å². The Morgan fingerprint density at radius 2 is 1.68 bits per heavy atom. The Morgan fingerprint density at radius 1 is 1.16 bits per heavy atom. The van der Waals surface area contributed by atoms with E-state index in [9.17, 15) is 19.8 Å². The van der Waals surface area contributed by atoms with Gasteiger partial charge in [-0.25, -0.2) is 0 Å². The van der Waals surface area contributed by atoms with Crippen molar-refractivity contribution in [2.24, 2.45) is 0 Å². The molecule has 0 saturated carbocycles. The van der Waals surface area contributed by atoms with Crippen LogP contribution in [0.5, 0.6) is 11.5 Å². The summed E-state index contributed by atoms with van der Waals surface area (Å²) in [6, 6.07) is 3.26. The lowest BCUT2D eigenvalue weighted by molar-refractivity contribution is -0.142. The molecule has 0 fully saturated rings. The first-order chi connectivity index (χ1) is 8.81. The summed E-state index contributed by atoms with van der Waals surface area (Å²) in [5, 5.41) is 36.4. The predicted molar refractivity (Wildman–Crippen MR) is 65.0 cm³/mol. The number of phenolic OH excluding ortho intramolecular Hbond substituents is 2. The zero-order valence-corrected chi connectivity index (χ0v) is 10.3. The highest BCUT2D eigenvalue weighted by molar-refractivity contribution is 5.72. The summed E-state index contributed by atoms with van der Waals surface area (Å²) in [4.78, 5) is 22.6. The summed E-state index contributed by atoms with van der Waals surface area (Å²) in [6.45, 7) is 0.652. The topological polar surface area (TPSA) is 118 Å². The van der Waals surface area contributed by atoms with E-state index in [2.05, 4.69) is 0 Å². The first kappa shape index (κ1) is 14.8. The molecule has 7 nitrogen and oxygen atoms in total. The number of hydrogen-bond acceptors (Lipinski definition) is 5. The molecule has 0 radical (unpaired) electrons. The number of aliphatic carboxylic acids is 2. The number of carboxylic acid groups (broad SMARTS) is 2. The summed E-state index contributed by atoms with van der Waals surface area (Å²) in [6.07, 6.45) is 0. The van der Waals surface area contributed by atoms with Gasteiger partial charge in [0, 0.05) is 17.7 Å². The summed E-state index contributed by atoms with van der Waals surface area (Å²) < 4.78 is 0. The third-order valence-corrected chi connectivity index (χ3v) is 2.69. The van der Waals surface area contributed by atoms with Crippen molar-refractivity contribution >= 4 is 11.9 Å². The maximum atomic E-state index is 10.7. The molecule has 4 N–H and O–H groups in total. The molecular formula is C12H15NO6. The normalized spacial score (nSPS) is 12.3. The molecular weight excluding hydrogens is 254 g/mol. The van der Waals surface area contributed by atoms with Crippen LogP contribution < -0.4 is 0 Å². The highest BCUT2D eigenvalue weighted by Gasteiger charge is 2.23. The zero-order chi connectivity index (χ0) is 14.6. The van der Waals surface area contributed by atoms with Crippen LogP contribution in [0.3, 0.4) is 0 Å². The molecule has 1 rings (SSSR count). The number of benzene rings is 1. The lowest BCUT2D eigenvalue weighted by Gasteiger charge is -2.26. The first-order valence-electron chi connectivity index (χ1n) is 5.50. The van der Waals surface area contributed by atoms with Crippen molar-refractivity contribution in [1.82, 2.24) is 4.90 Å². The van der Waals surface area contributed by atoms with Crippen molar-refractivity contribution in [2.75, 3.05) is 13.1 Å². The molecule has 0 aliphatic carbocycles. The first-order valence-corrected chi connectivity index (χ1v) is 5.50. The minimum Gasteiger partial charge on any atom is -0.508 e. The molecule has 19 heavy (non-hydrogen) atoms. The van der Waals surface area contributed by atoms with E-state index < -0.39 is 31.1 Å². The van der Waals surface area contributed by atoms with Gasteiger partial charge in [-0.3, -0.25) is 14.5 Å². The molecule has 104 valence electrons. The standard InChI is InChI=1S/C12H15NO6/c1-7(9-3-2-8(14)4-10(9)15)13(5-11(16)17)6-12(18)19/h2-4,7,14-15H,5-6H2,1H3,(H,16,17)(H,18,19). The fourth-order valence-electron chi connectivity index (χ4n) is 1.76. The van der Waals surface area contributed by atoms with Gasteiger partial charge in [0.05, 0.1) is 13.1 Å². The largest absolute Gasteiger partial charge is 0.508 e. The van der Waals surface area contributed by atoms with E-state index >= 15 is 0 Å². The fourth-order valence-corrected chi connectivity index (χ4v) is 1.76. The van der Waals surface area contributed by atoms with E-state index in [-0.39, 0.29) is 11.5 Å². The third kappa shape index (κ3) is 4.14. The van der Waals surface area contributed by atoms with Gasteiger partial charge in [-0.2, -0.15) is 0 Å². The number of carboxylic acids is 2. The molecule has 0 amide bonds. The molecule has 0 spiro atoms. The Bertz CT molecular complexity index is 471. The van der Waals surface area contributed by atoms with Crippen LogP contribution in [-0.2, 0) is 9.59 Å². The summed E-state index contributed by atoms with van der Waals surface area (Å²) in [5.74, 6) is -2.66. The fraction of sp³-hybridized carbons (Fsp3) is 0.333. The predicted octanol–water partition coefficient (Wildman–Crippen LogP) is 0.630. The number of aromatic hydroxyl groups is 2. The molecule has 1 aromatic carbocycles. The highest BCUT2D eigenvalue weighted by Crippen LogP contribution is 2.30. The SMILES string of the molecule is CC(c1ccc(O)cc1O)N(CC(=O)O)CC(=O)O. The zero-order valence-electron chi connectivity index (χ0n) is 10.3. The minimum atomic E-state index is -1.16. The van der Waals surface area contributed by atoms with Gasteiger partial charge in [0.1, 0.15) is 11.5 Å². The van der Waals surface area contributed by atoms with Crippen molar-refractivity contribution in [3.05, 3.63) is 23.8 Å². The Hall–Kier alpha value is -2.28. The van der Waals surface area contributed by atoms with Gasteiger partial charge in [-0.05, 0) is 13.0 Å². The molecule has 1 unspecified atom stereocenters. The van der Waals surface area contributed by atoms with Gasteiger partial charge in [0.25, 0.3) is 0 Å². The Morgan fingerprint density at radius 3 is 2.11 bits per heavy atom. The lowest BCUT2D eigenvalue weighted by Crippen LogP contribution is -2.36. The van der Waals surface area contributed by atoms with E-state index in [1.54, 1.807) is 6.92 Å². The number of rotatable bonds is 6. The highest BCUT2D eigenvalue weighted by atomic mass is 16.4. The van der Waals surface area contributed by atoms with Crippen molar-refractivity contribution in [1.29, 1.82) is 0 Å². The van der Waals surface area contributed by atoms with Gasteiger partial charge in [0.2, 0.25) is 0 Å². The average molecular weight is 269 g/mol. The summed E-state index contributed by atoms with van der Waals surface area (Å²) in [5.41, 5.74) is 0.348. The molecule has 0 aromatic heterocycles. The number of carbonyl (C=O) groups is 2. The Labute approximate surface area is 109 Å². The van der Waals surface area contributed by atoms with Crippen molar-refractivity contribution in [2.45, 2.75) is 13.0 Å². The van der Waals surface area contributed by atoms with Crippen LogP contribution in [0.25, 0.3) is 0 Å². The van der Waals surface area contributed by atoms with Crippen LogP contribution in [0.4, 0.5) is 0 Å². The molecule has 0 bridgehead atoms. The molecule has 0 heterocycles. The second kappa shape index (κ2) is 6.05. The summed E-state index contributed by atoms with van der Waals surface area (Å²) >= 11 is 0. The van der Waals surface area contributed by atoms with Crippen LogP contribution in [-0.4, -0.2) is 50.4 Å². The van der Waals surface area contributed by atoms with Crippen LogP contribution in [0.1, 0.15) is 18.5 Å². The van der Waals surface area contributed by atoms with Crippen LogP contribution >= 0.6 is 0 Å². The number of nitrogens with zero attached hydrogens (tertiary/aromatic N) is 1. The Balaban J connectivity index is 3.00. The molecule has 1 atom stereocenters. The van der Waals surface area contributed by atoms with Gasteiger partial charge < -0.3 is 20.4 Å². The van der Waals surface area contributed by atoms with E-state index in [0.717, 1.165) is 6.07 Å². The van der Waals surface area contributed by atoms with Crippen molar-refractivity contribution in [3.63, 3.8) is 0 Å². The van der Waals surface area contributed by atoms with Gasteiger partial charge in [-0.1, -0.05) is 6.07 Å². The van der Waals surface area contributed by atoms with E-state index in [1.165, 1.54) is 17.0 Å². The second-order valence-electron chi connectivity index (χ2n) is 4.11. The molecule has 0 aliphatic rings. The van der Waals surface area contributed by atoms with E-state index in [0.29, 0.717) is 5.56 Å². The average Bonchev–Trinajstić information content (AvgIpc) is 2.26.